The molecule has 2 N–H and O–H groups in total. The molecule has 0 heterocycles. The largest absolute Gasteiger partial charge is 0.496 e. The van der Waals surface area contributed by atoms with Crippen LogP contribution in [0.1, 0.15) is 20.7 Å². The fourth-order valence-electron chi connectivity index (χ4n) is 2.44. The Bertz CT molecular complexity index is 957. The van der Waals surface area contributed by atoms with Gasteiger partial charge in [-0.15, -0.1) is 0 Å². The fraction of sp³-hybridized carbons (Fsp3) is 0.0476. The first-order valence-corrected chi connectivity index (χ1v) is 8.97. The molecule has 0 saturated heterocycles. The minimum absolute atomic E-state index is 0.185. The van der Waals surface area contributed by atoms with E-state index in [0.29, 0.717) is 32.7 Å². The second-order valence-electron chi connectivity index (χ2n) is 5.70. The van der Waals surface area contributed by atoms with Crippen LogP contribution in [0.15, 0.2) is 77.3 Å². The molecule has 0 radical (unpaired) electrons. The van der Waals surface area contributed by atoms with Crippen molar-refractivity contribution in [2.75, 3.05) is 17.7 Å². The zero-order valence-corrected chi connectivity index (χ0v) is 16.1. The van der Waals surface area contributed by atoms with Crippen LogP contribution < -0.4 is 15.4 Å². The number of methoxy groups -OCH3 is 1. The van der Waals surface area contributed by atoms with Crippen molar-refractivity contribution in [2.24, 2.45) is 0 Å². The number of amides is 2. The van der Waals surface area contributed by atoms with Gasteiger partial charge < -0.3 is 15.4 Å². The molecular weight excluding hydrogens is 408 g/mol. The molecule has 3 aromatic carbocycles. The Labute approximate surface area is 165 Å². The van der Waals surface area contributed by atoms with Gasteiger partial charge in [-0.25, -0.2) is 0 Å². The van der Waals surface area contributed by atoms with E-state index >= 15 is 0 Å². The van der Waals surface area contributed by atoms with Crippen LogP contribution in [0, 0.1) is 0 Å². The SMILES string of the molecule is COc1ccc(C(=O)Nc2ccc(NC(=O)c3ccccc3)cc2)cc1Br. The van der Waals surface area contributed by atoms with Gasteiger partial charge in [0.2, 0.25) is 0 Å². The monoisotopic (exact) mass is 424 g/mol. The van der Waals surface area contributed by atoms with Crippen LogP contribution in [-0.4, -0.2) is 18.9 Å². The highest BCUT2D eigenvalue weighted by Crippen LogP contribution is 2.26. The van der Waals surface area contributed by atoms with E-state index in [1.807, 2.05) is 18.2 Å². The first-order chi connectivity index (χ1) is 13.1. The van der Waals surface area contributed by atoms with Crippen LogP contribution in [-0.2, 0) is 0 Å². The summed E-state index contributed by atoms with van der Waals surface area (Å²) < 4.78 is 5.87. The first-order valence-electron chi connectivity index (χ1n) is 8.18. The number of anilines is 2. The average Bonchev–Trinajstić information content (AvgIpc) is 2.70. The van der Waals surface area contributed by atoms with E-state index in [1.54, 1.807) is 61.7 Å². The highest BCUT2D eigenvalue weighted by atomic mass is 79.9. The summed E-state index contributed by atoms with van der Waals surface area (Å²) in [6.45, 7) is 0. The van der Waals surface area contributed by atoms with E-state index in [-0.39, 0.29) is 11.8 Å². The van der Waals surface area contributed by atoms with Crippen molar-refractivity contribution in [1.82, 2.24) is 0 Å². The number of nitrogens with one attached hydrogen (secondary N) is 2. The van der Waals surface area contributed by atoms with E-state index in [0.717, 1.165) is 0 Å². The first kappa shape index (κ1) is 18.7. The zero-order valence-electron chi connectivity index (χ0n) is 14.5. The molecule has 0 spiro atoms. The van der Waals surface area contributed by atoms with Crippen LogP contribution in [0.2, 0.25) is 0 Å². The van der Waals surface area contributed by atoms with Crippen LogP contribution >= 0.6 is 15.9 Å². The van der Waals surface area contributed by atoms with E-state index in [2.05, 4.69) is 26.6 Å². The van der Waals surface area contributed by atoms with Crippen molar-refractivity contribution in [1.29, 1.82) is 0 Å². The Kier molecular flexibility index (Phi) is 5.88. The molecule has 6 heteroatoms. The normalized spacial score (nSPS) is 10.1. The Morgan fingerprint density at radius 3 is 1.85 bits per heavy atom. The molecule has 0 unspecified atom stereocenters. The van der Waals surface area contributed by atoms with Gasteiger partial charge in [-0.2, -0.15) is 0 Å². The highest BCUT2D eigenvalue weighted by molar-refractivity contribution is 9.10. The molecule has 0 aliphatic rings. The number of carbonyl (C=O) groups excluding carboxylic acids is 2. The Morgan fingerprint density at radius 2 is 1.33 bits per heavy atom. The predicted molar refractivity (Wildman–Crippen MR) is 109 cm³/mol. The maximum Gasteiger partial charge on any atom is 0.255 e. The van der Waals surface area contributed by atoms with Crippen molar-refractivity contribution in [3.8, 4) is 5.75 Å². The minimum Gasteiger partial charge on any atom is -0.496 e. The third-order valence-electron chi connectivity index (χ3n) is 3.85. The number of halogens is 1. The molecule has 0 bridgehead atoms. The van der Waals surface area contributed by atoms with Gasteiger partial charge in [0.05, 0.1) is 11.6 Å². The van der Waals surface area contributed by atoms with Crippen molar-refractivity contribution < 1.29 is 14.3 Å². The summed E-state index contributed by atoms with van der Waals surface area (Å²) in [5.41, 5.74) is 2.36. The molecule has 0 aliphatic carbocycles. The minimum atomic E-state index is -0.237. The topological polar surface area (TPSA) is 67.4 Å². The molecule has 3 aromatic rings. The smallest absolute Gasteiger partial charge is 0.255 e. The standard InChI is InChI=1S/C21H17BrN2O3/c1-27-19-12-7-15(13-18(19)22)21(26)24-17-10-8-16(9-11-17)23-20(25)14-5-3-2-4-6-14/h2-13H,1H3,(H,23,25)(H,24,26). The summed E-state index contributed by atoms with van der Waals surface area (Å²) in [5.74, 6) is 0.236. The molecule has 0 aromatic heterocycles. The molecular formula is C21H17BrN2O3. The summed E-state index contributed by atoms with van der Waals surface area (Å²) in [5, 5.41) is 5.64. The van der Waals surface area contributed by atoms with Gasteiger partial charge in [-0.1, -0.05) is 18.2 Å². The zero-order chi connectivity index (χ0) is 19.2. The van der Waals surface area contributed by atoms with Gasteiger partial charge in [0.15, 0.2) is 0 Å². The number of carbonyl (C=O) groups is 2. The van der Waals surface area contributed by atoms with Crippen LogP contribution in [0.5, 0.6) is 5.75 Å². The van der Waals surface area contributed by atoms with Crippen LogP contribution in [0.3, 0.4) is 0 Å². The number of hydrogen-bond acceptors (Lipinski definition) is 3. The Hall–Kier alpha value is -3.12. The fourth-order valence-corrected chi connectivity index (χ4v) is 2.98. The molecule has 0 atom stereocenters. The molecule has 136 valence electrons. The third-order valence-corrected chi connectivity index (χ3v) is 4.47. The molecule has 2 amide bonds. The lowest BCUT2D eigenvalue weighted by Crippen LogP contribution is -2.13. The molecule has 27 heavy (non-hydrogen) atoms. The van der Waals surface area contributed by atoms with Gasteiger partial charge in [-0.05, 0) is 70.5 Å². The van der Waals surface area contributed by atoms with E-state index in [4.69, 9.17) is 4.74 Å². The number of rotatable bonds is 5. The van der Waals surface area contributed by atoms with Crippen molar-refractivity contribution in [2.45, 2.75) is 0 Å². The average molecular weight is 425 g/mol. The molecule has 0 aliphatic heterocycles. The molecule has 3 rings (SSSR count). The van der Waals surface area contributed by atoms with Crippen molar-refractivity contribution in [3.05, 3.63) is 88.4 Å². The third kappa shape index (κ3) is 4.74. The number of ether oxygens (including phenoxy) is 1. The lowest BCUT2D eigenvalue weighted by Gasteiger charge is -2.09. The number of hydrogen-bond donors (Lipinski definition) is 2. The van der Waals surface area contributed by atoms with E-state index in [1.165, 1.54) is 0 Å². The Balaban J connectivity index is 1.64. The lowest BCUT2D eigenvalue weighted by atomic mass is 10.2. The second kappa shape index (κ2) is 8.51. The number of benzene rings is 3. The van der Waals surface area contributed by atoms with Gasteiger partial charge in [0, 0.05) is 22.5 Å². The van der Waals surface area contributed by atoms with Crippen molar-refractivity contribution >= 4 is 39.1 Å². The molecule has 5 nitrogen and oxygen atoms in total. The lowest BCUT2D eigenvalue weighted by molar-refractivity contribution is 0.101. The second-order valence-corrected chi connectivity index (χ2v) is 6.56. The maximum absolute atomic E-state index is 12.4. The Morgan fingerprint density at radius 1 is 0.778 bits per heavy atom. The highest BCUT2D eigenvalue weighted by Gasteiger charge is 2.10. The van der Waals surface area contributed by atoms with E-state index < -0.39 is 0 Å². The molecule has 0 fully saturated rings. The maximum atomic E-state index is 12.4. The summed E-state index contributed by atoms with van der Waals surface area (Å²) in [7, 11) is 1.57. The van der Waals surface area contributed by atoms with Gasteiger partial charge in [0.1, 0.15) is 5.75 Å². The van der Waals surface area contributed by atoms with Gasteiger partial charge in [-0.3, -0.25) is 9.59 Å². The van der Waals surface area contributed by atoms with Crippen LogP contribution in [0.4, 0.5) is 11.4 Å². The van der Waals surface area contributed by atoms with E-state index in [9.17, 15) is 9.59 Å². The quantitative estimate of drug-likeness (QED) is 0.607. The van der Waals surface area contributed by atoms with Crippen LogP contribution in [0.25, 0.3) is 0 Å². The predicted octanol–water partition coefficient (Wildman–Crippen LogP) is 4.96. The summed E-state index contributed by atoms with van der Waals surface area (Å²) in [6.07, 6.45) is 0. The van der Waals surface area contributed by atoms with Crippen molar-refractivity contribution in [3.63, 3.8) is 0 Å². The van der Waals surface area contributed by atoms with Gasteiger partial charge >= 0.3 is 0 Å². The van der Waals surface area contributed by atoms with Gasteiger partial charge in [0.25, 0.3) is 11.8 Å². The summed E-state index contributed by atoms with van der Waals surface area (Å²) >= 11 is 3.37. The molecule has 0 saturated carbocycles. The summed E-state index contributed by atoms with van der Waals surface area (Å²) in [4.78, 5) is 24.5. The summed E-state index contributed by atoms with van der Waals surface area (Å²) in [6, 6.07) is 21.0.